The van der Waals surface area contributed by atoms with Crippen LogP contribution in [0.1, 0.15) is 31.9 Å². The highest BCUT2D eigenvalue weighted by molar-refractivity contribution is 6.27. The van der Waals surface area contributed by atoms with Gasteiger partial charge < -0.3 is 25.0 Å². The smallest absolute Gasteiger partial charge is 0.414 e. The first kappa shape index (κ1) is 22.9. The fourth-order valence-electron chi connectivity index (χ4n) is 1.62. The number of carboxylic acids is 2. The van der Waals surface area contributed by atoms with Gasteiger partial charge in [-0.3, -0.25) is 0 Å². The highest BCUT2D eigenvalue weighted by Crippen LogP contribution is 2.16. The molecule has 1 aromatic rings. The summed E-state index contributed by atoms with van der Waals surface area (Å²) in [6, 6.07) is 6.15. The molecule has 0 bridgehead atoms. The summed E-state index contributed by atoms with van der Waals surface area (Å²) in [7, 11) is 0. The fourth-order valence-corrected chi connectivity index (χ4v) is 1.62. The molecule has 0 saturated heterocycles. The maximum atomic E-state index is 9.10. The van der Waals surface area contributed by atoms with Crippen molar-refractivity contribution in [3.05, 3.63) is 29.3 Å². The molecule has 0 fully saturated rings. The van der Waals surface area contributed by atoms with Crippen LogP contribution >= 0.6 is 0 Å². The molecule has 1 aromatic carbocycles. The Labute approximate surface area is 149 Å². The van der Waals surface area contributed by atoms with Crippen LogP contribution in [-0.2, 0) is 14.3 Å². The third-order valence-corrected chi connectivity index (χ3v) is 3.06. The van der Waals surface area contributed by atoms with Crippen molar-refractivity contribution in [2.45, 2.75) is 40.2 Å². The van der Waals surface area contributed by atoms with Gasteiger partial charge in [0.2, 0.25) is 0 Å². The lowest BCUT2D eigenvalue weighted by atomic mass is 10.1. The molecule has 25 heavy (non-hydrogen) atoms. The second-order valence-electron chi connectivity index (χ2n) is 6.49. The number of carboxylic acid groups (broad SMARTS) is 2. The van der Waals surface area contributed by atoms with Gasteiger partial charge in [0.15, 0.2) is 0 Å². The van der Waals surface area contributed by atoms with Crippen molar-refractivity contribution in [2.75, 3.05) is 26.4 Å². The maximum absolute atomic E-state index is 9.10. The third-order valence-electron chi connectivity index (χ3n) is 3.06. The first-order chi connectivity index (χ1) is 11.5. The molecule has 7 heteroatoms. The lowest BCUT2D eigenvalue weighted by Crippen LogP contribution is -2.38. The van der Waals surface area contributed by atoms with Gasteiger partial charge in [-0.05, 0) is 57.9 Å². The summed E-state index contributed by atoms with van der Waals surface area (Å²) < 4.78 is 11.2. The minimum Gasteiger partial charge on any atom is -0.491 e. The van der Waals surface area contributed by atoms with Crippen molar-refractivity contribution in [3.8, 4) is 5.75 Å². The Morgan fingerprint density at radius 1 is 1.00 bits per heavy atom. The number of nitrogens with one attached hydrogen (secondary N) is 1. The van der Waals surface area contributed by atoms with E-state index in [2.05, 4.69) is 52.1 Å². The molecule has 0 amide bonds. The molecule has 0 radical (unpaired) electrons. The lowest BCUT2D eigenvalue weighted by molar-refractivity contribution is -0.159. The molecule has 1 rings (SSSR count). The molecule has 0 aliphatic rings. The van der Waals surface area contributed by atoms with E-state index < -0.39 is 11.9 Å². The summed E-state index contributed by atoms with van der Waals surface area (Å²) >= 11 is 0. The number of benzene rings is 1. The number of rotatable bonds is 7. The van der Waals surface area contributed by atoms with Crippen LogP contribution in [0.3, 0.4) is 0 Å². The highest BCUT2D eigenvalue weighted by Gasteiger charge is 2.07. The number of aryl methyl sites for hydroxylation is 2. The van der Waals surface area contributed by atoms with E-state index in [0.29, 0.717) is 19.8 Å². The molecular weight excluding hydrogens is 326 g/mol. The minimum absolute atomic E-state index is 0.152. The van der Waals surface area contributed by atoms with Crippen LogP contribution in [0.15, 0.2) is 18.2 Å². The quantitative estimate of drug-likeness (QED) is 0.509. The Balaban J connectivity index is 0.000000823. The molecule has 3 N–H and O–H groups in total. The number of ether oxygens (including phenoxy) is 2. The SMILES string of the molecule is Cc1ccc(OCCOCCNC(C)(C)C)cc1C.O=C(O)C(=O)O. The Kier molecular flexibility index (Phi) is 10.5. The van der Waals surface area contributed by atoms with Crippen molar-refractivity contribution < 1.29 is 29.3 Å². The number of aliphatic carboxylic acids is 2. The van der Waals surface area contributed by atoms with Gasteiger partial charge in [-0.1, -0.05) is 6.07 Å². The second-order valence-corrected chi connectivity index (χ2v) is 6.49. The minimum atomic E-state index is -1.82. The molecule has 0 atom stereocenters. The molecular formula is C18H29NO6. The molecule has 0 aliphatic heterocycles. The molecule has 0 saturated carbocycles. The van der Waals surface area contributed by atoms with Crippen molar-refractivity contribution in [1.82, 2.24) is 5.32 Å². The Morgan fingerprint density at radius 2 is 1.60 bits per heavy atom. The van der Waals surface area contributed by atoms with E-state index in [-0.39, 0.29) is 5.54 Å². The molecule has 0 heterocycles. The van der Waals surface area contributed by atoms with E-state index in [9.17, 15) is 0 Å². The lowest BCUT2D eigenvalue weighted by Gasteiger charge is -2.20. The summed E-state index contributed by atoms with van der Waals surface area (Å²) in [5.41, 5.74) is 2.70. The Morgan fingerprint density at radius 3 is 2.08 bits per heavy atom. The van der Waals surface area contributed by atoms with Crippen LogP contribution < -0.4 is 10.1 Å². The van der Waals surface area contributed by atoms with Crippen molar-refractivity contribution in [2.24, 2.45) is 0 Å². The maximum Gasteiger partial charge on any atom is 0.414 e. The number of hydrogen-bond donors (Lipinski definition) is 3. The van der Waals surface area contributed by atoms with E-state index in [4.69, 9.17) is 29.3 Å². The Bertz CT molecular complexity index is 539. The first-order valence-electron chi connectivity index (χ1n) is 8.02. The topological polar surface area (TPSA) is 105 Å². The van der Waals surface area contributed by atoms with Gasteiger partial charge in [0.05, 0.1) is 13.2 Å². The largest absolute Gasteiger partial charge is 0.491 e. The van der Waals surface area contributed by atoms with E-state index in [0.717, 1.165) is 12.3 Å². The summed E-state index contributed by atoms with van der Waals surface area (Å²) in [5.74, 6) is -2.73. The van der Waals surface area contributed by atoms with Gasteiger partial charge in [0.25, 0.3) is 0 Å². The van der Waals surface area contributed by atoms with Gasteiger partial charge >= 0.3 is 11.9 Å². The van der Waals surface area contributed by atoms with Gasteiger partial charge in [0.1, 0.15) is 12.4 Å². The van der Waals surface area contributed by atoms with Crippen molar-refractivity contribution in [1.29, 1.82) is 0 Å². The van der Waals surface area contributed by atoms with Crippen LogP contribution in [-0.4, -0.2) is 54.1 Å². The zero-order valence-electron chi connectivity index (χ0n) is 15.6. The molecule has 142 valence electrons. The summed E-state index contributed by atoms with van der Waals surface area (Å²) in [5, 5.41) is 18.2. The molecule has 0 aromatic heterocycles. The molecule has 0 spiro atoms. The summed E-state index contributed by atoms with van der Waals surface area (Å²) in [6.07, 6.45) is 0. The van der Waals surface area contributed by atoms with Gasteiger partial charge in [-0.15, -0.1) is 0 Å². The summed E-state index contributed by atoms with van der Waals surface area (Å²) in [6.45, 7) is 13.4. The van der Waals surface area contributed by atoms with Crippen LogP contribution in [0.25, 0.3) is 0 Å². The highest BCUT2D eigenvalue weighted by atomic mass is 16.5. The van der Waals surface area contributed by atoms with Crippen molar-refractivity contribution >= 4 is 11.9 Å². The standard InChI is InChI=1S/C16H27NO2.C2H2O4/c1-13-6-7-15(12-14(13)2)19-11-10-18-9-8-17-16(3,4)5;3-1(4)2(5)6/h6-7,12,17H,8-11H2,1-5H3;(H,3,4)(H,5,6). The Hall–Kier alpha value is -2.12. The number of hydrogen-bond acceptors (Lipinski definition) is 5. The average Bonchev–Trinajstić information content (AvgIpc) is 2.49. The first-order valence-corrected chi connectivity index (χ1v) is 8.02. The second kappa shape index (κ2) is 11.4. The predicted molar refractivity (Wildman–Crippen MR) is 95.3 cm³/mol. The fraction of sp³-hybridized carbons (Fsp3) is 0.556. The molecule has 0 unspecified atom stereocenters. The van der Waals surface area contributed by atoms with E-state index in [1.807, 2.05) is 6.07 Å². The zero-order valence-corrected chi connectivity index (χ0v) is 15.6. The monoisotopic (exact) mass is 355 g/mol. The van der Waals surface area contributed by atoms with Gasteiger partial charge in [0, 0.05) is 12.1 Å². The predicted octanol–water partition coefficient (Wildman–Crippen LogP) is 2.24. The average molecular weight is 355 g/mol. The third kappa shape index (κ3) is 12.9. The molecule has 0 aliphatic carbocycles. The van der Waals surface area contributed by atoms with Crippen molar-refractivity contribution in [3.63, 3.8) is 0 Å². The van der Waals surface area contributed by atoms with E-state index in [1.165, 1.54) is 11.1 Å². The van der Waals surface area contributed by atoms with E-state index >= 15 is 0 Å². The zero-order chi connectivity index (χ0) is 19.5. The van der Waals surface area contributed by atoms with Gasteiger partial charge in [-0.2, -0.15) is 0 Å². The van der Waals surface area contributed by atoms with E-state index in [1.54, 1.807) is 0 Å². The van der Waals surface area contributed by atoms with Crippen LogP contribution in [0, 0.1) is 13.8 Å². The number of carbonyl (C=O) groups is 2. The summed E-state index contributed by atoms with van der Waals surface area (Å²) in [4.78, 5) is 18.2. The van der Waals surface area contributed by atoms with Crippen LogP contribution in [0.5, 0.6) is 5.75 Å². The molecule has 7 nitrogen and oxygen atoms in total. The van der Waals surface area contributed by atoms with Gasteiger partial charge in [-0.25, -0.2) is 9.59 Å². The normalized spacial score (nSPS) is 10.6. The van der Waals surface area contributed by atoms with Crippen LogP contribution in [0.4, 0.5) is 0 Å². The van der Waals surface area contributed by atoms with Crippen LogP contribution in [0.2, 0.25) is 0 Å².